The van der Waals surface area contributed by atoms with Crippen molar-refractivity contribution < 1.29 is 19.7 Å². The van der Waals surface area contributed by atoms with Crippen molar-refractivity contribution in [3.8, 4) is 0 Å². The van der Waals surface area contributed by atoms with Gasteiger partial charge in [0.05, 0.1) is 23.0 Å². The van der Waals surface area contributed by atoms with Gasteiger partial charge in [0, 0.05) is 6.42 Å². The number of hydrogen-bond acceptors (Lipinski definition) is 4. The molecule has 0 amide bonds. The van der Waals surface area contributed by atoms with E-state index in [2.05, 4.69) is 5.28 Å². The molecule has 1 saturated carbocycles. The molecule has 1 rings (SSSR count). The number of rotatable bonds is 4. The number of carbonyl (C=O) groups is 1. The summed E-state index contributed by atoms with van der Waals surface area (Å²) in [7, 11) is 1.62. The lowest BCUT2D eigenvalue weighted by atomic mass is 9.89. The van der Waals surface area contributed by atoms with Gasteiger partial charge in [-0.15, -0.1) is 5.01 Å². The predicted octanol–water partition coefficient (Wildman–Crippen LogP) is 2.17. The monoisotopic (exact) mass is 273 g/mol. The molecule has 0 aromatic heterocycles. The summed E-state index contributed by atoms with van der Waals surface area (Å²) in [5.41, 5.74) is -1.14. The number of carboxylic acid groups (broad SMARTS) is 1. The fraction of sp³-hybridized carbons (Fsp3) is 0.917. The van der Waals surface area contributed by atoms with Gasteiger partial charge in [-0.3, -0.25) is 4.79 Å². The molecule has 0 unspecified atom stereocenters. The van der Waals surface area contributed by atoms with Crippen molar-refractivity contribution in [1.82, 2.24) is 5.01 Å². The molecule has 0 saturated heterocycles. The molecule has 0 aliphatic heterocycles. The molecule has 1 fully saturated rings. The zero-order valence-electron chi connectivity index (χ0n) is 12.2. The van der Waals surface area contributed by atoms with E-state index in [-0.39, 0.29) is 11.6 Å². The van der Waals surface area contributed by atoms with Gasteiger partial charge < -0.3 is 15.2 Å². The SMILES string of the molecule is CN(/[N+]([O-])=N/O[C@H]1CC[C@@](C)(C(=O)O)C1)C(C)(C)C. The molecule has 0 radical (unpaired) electrons. The van der Waals surface area contributed by atoms with Crippen molar-refractivity contribution in [2.45, 2.75) is 58.6 Å². The van der Waals surface area contributed by atoms with Crippen LogP contribution in [0, 0.1) is 10.6 Å². The van der Waals surface area contributed by atoms with Crippen molar-refractivity contribution >= 4 is 5.97 Å². The highest BCUT2D eigenvalue weighted by Crippen LogP contribution is 2.39. The lowest BCUT2D eigenvalue weighted by Crippen LogP contribution is -2.42. The Bertz CT molecular complexity index is 378. The lowest BCUT2D eigenvalue weighted by Gasteiger charge is -2.26. The topological polar surface area (TPSA) is 88.2 Å². The lowest BCUT2D eigenvalue weighted by molar-refractivity contribution is -0.720. The Kier molecular flexibility index (Phi) is 4.27. The first-order valence-electron chi connectivity index (χ1n) is 6.37. The van der Waals surface area contributed by atoms with Crippen LogP contribution in [0.15, 0.2) is 5.28 Å². The summed E-state index contributed by atoms with van der Waals surface area (Å²) in [6.07, 6.45) is 1.19. The van der Waals surface area contributed by atoms with E-state index in [1.54, 1.807) is 14.0 Å². The van der Waals surface area contributed by atoms with Crippen LogP contribution < -0.4 is 0 Å². The van der Waals surface area contributed by atoms with Gasteiger partial charge in [-0.05, 0) is 40.5 Å². The highest BCUT2D eigenvalue weighted by Gasteiger charge is 2.43. The highest BCUT2D eigenvalue weighted by molar-refractivity contribution is 5.74. The highest BCUT2D eigenvalue weighted by atomic mass is 16.7. The summed E-state index contributed by atoms with van der Waals surface area (Å²) in [6, 6.07) is 0. The average Bonchev–Trinajstić information content (AvgIpc) is 2.67. The number of aliphatic carboxylic acids is 1. The van der Waals surface area contributed by atoms with Crippen molar-refractivity contribution in [2.75, 3.05) is 7.05 Å². The second-order valence-electron chi connectivity index (χ2n) is 6.36. The Morgan fingerprint density at radius 3 is 2.58 bits per heavy atom. The molecule has 19 heavy (non-hydrogen) atoms. The van der Waals surface area contributed by atoms with Gasteiger partial charge in [0.25, 0.3) is 0 Å². The number of carboxylic acids is 1. The Morgan fingerprint density at radius 1 is 1.58 bits per heavy atom. The van der Waals surface area contributed by atoms with Crippen LogP contribution in [0.3, 0.4) is 0 Å². The molecule has 1 N–H and O–H groups in total. The maximum atomic E-state index is 11.7. The molecule has 2 atom stereocenters. The largest absolute Gasteiger partial charge is 0.569 e. The molecule has 0 aromatic rings. The van der Waals surface area contributed by atoms with E-state index in [9.17, 15) is 10.0 Å². The first kappa shape index (κ1) is 15.5. The van der Waals surface area contributed by atoms with Crippen LogP contribution in [0.2, 0.25) is 0 Å². The Morgan fingerprint density at radius 2 is 2.16 bits per heavy atom. The fourth-order valence-corrected chi connectivity index (χ4v) is 1.89. The molecule has 0 heterocycles. The third kappa shape index (κ3) is 3.71. The van der Waals surface area contributed by atoms with Gasteiger partial charge in [-0.2, -0.15) is 0 Å². The third-order valence-electron chi connectivity index (χ3n) is 3.71. The Labute approximate surface area is 113 Å². The van der Waals surface area contributed by atoms with Crippen LogP contribution in [0.4, 0.5) is 0 Å². The van der Waals surface area contributed by atoms with Crippen LogP contribution in [-0.2, 0) is 9.63 Å². The Hall–Kier alpha value is -1.53. The van der Waals surface area contributed by atoms with Gasteiger partial charge in [0.1, 0.15) is 6.10 Å². The van der Waals surface area contributed by atoms with Crippen LogP contribution in [0.25, 0.3) is 0 Å². The quantitative estimate of drug-likeness (QED) is 0.482. The van der Waals surface area contributed by atoms with Crippen molar-refractivity contribution in [3.63, 3.8) is 0 Å². The molecule has 7 nitrogen and oxygen atoms in total. The van der Waals surface area contributed by atoms with Gasteiger partial charge in [-0.25, -0.2) is 0 Å². The molecular formula is C12H23N3O4. The molecule has 0 bridgehead atoms. The number of hydrogen-bond donors (Lipinski definition) is 1. The minimum absolute atomic E-state index is 0.314. The second-order valence-corrected chi connectivity index (χ2v) is 6.36. The van der Waals surface area contributed by atoms with Gasteiger partial charge >= 0.3 is 5.97 Å². The maximum Gasteiger partial charge on any atom is 0.309 e. The molecule has 110 valence electrons. The zero-order chi connectivity index (χ0) is 14.8. The standard InChI is InChI=1S/C12H23N3O4/c1-11(2,3)14(5)15(18)13-19-9-6-7-12(4,8-9)10(16)17/h9H,6-8H2,1-5H3,(H,16,17)/b15-13-/t9-,12+/m0/s1. The first-order valence-corrected chi connectivity index (χ1v) is 6.37. The van der Waals surface area contributed by atoms with Crippen LogP contribution in [-0.4, -0.2) is 39.7 Å². The van der Waals surface area contributed by atoms with Gasteiger partial charge in [0.15, 0.2) is 0 Å². The fourth-order valence-electron chi connectivity index (χ4n) is 1.89. The van der Waals surface area contributed by atoms with E-state index < -0.39 is 11.4 Å². The normalized spacial score (nSPS) is 28.3. The summed E-state index contributed by atoms with van der Waals surface area (Å²) in [6.45, 7) is 7.33. The Balaban J connectivity index is 2.57. The van der Waals surface area contributed by atoms with Crippen LogP contribution in [0.1, 0.15) is 47.0 Å². The molecule has 0 aromatic carbocycles. The van der Waals surface area contributed by atoms with E-state index in [0.29, 0.717) is 24.2 Å². The van der Waals surface area contributed by atoms with E-state index in [1.165, 1.54) is 5.01 Å². The van der Waals surface area contributed by atoms with E-state index in [4.69, 9.17) is 9.94 Å². The summed E-state index contributed by atoms with van der Waals surface area (Å²) in [5.74, 6) is -0.829. The number of hydrazine groups is 1. The maximum absolute atomic E-state index is 11.7. The molecule has 7 heteroatoms. The minimum Gasteiger partial charge on any atom is -0.569 e. The van der Waals surface area contributed by atoms with Crippen LogP contribution in [0.5, 0.6) is 0 Å². The summed E-state index contributed by atoms with van der Waals surface area (Å²) in [5, 5.41) is 25.7. The number of nitrogens with zero attached hydrogens (tertiary/aromatic N) is 3. The average molecular weight is 273 g/mol. The van der Waals surface area contributed by atoms with Crippen molar-refractivity contribution in [2.24, 2.45) is 10.7 Å². The van der Waals surface area contributed by atoms with E-state index in [1.807, 2.05) is 20.8 Å². The van der Waals surface area contributed by atoms with Crippen LogP contribution >= 0.6 is 0 Å². The first-order chi connectivity index (χ1) is 8.56. The predicted molar refractivity (Wildman–Crippen MR) is 68.0 cm³/mol. The zero-order valence-corrected chi connectivity index (χ0v) is 12.2. The van der Waals surface area contributed by atoms with E-state index in [0.717, 1.165) is 0 Å². The van der Waals surface area contributed by atoms with Gasteiger partial charge in [0.2, 0.25) is 5.28 Å². The molecular weight excluding hydrogens is 250 g/mol. The smallest absolute Gasteiger partial charge is 0.309 e. The van der Waals surface area contributed by atoms with Crippen molar-refractivity contribution in [3.05, 3.63) is 5.21 Å². The summed E-state index contributed by atoms with van der Waals surface area (Å²) < 4.78 is 0. The van der Waals surface area contributed by atoms with Gasteiger partial charge in [-0.1, -0.05) is 0 Å². The molecule has 1 aliphatic rings. The minimum atomic E-state index is -0.829. The second kappa shape index (κ2) is 5.22. The van der Waals surface area contributed by atoms with E-state index >= 15 is 0 Å². The van der Waals surface area contributed by atoms with Crippen molar-refractivity contribution in [1.29, 1.82) is 0 Å². The third-order valence-corrected chi connectivity index (χ3v) is 3.71. The summed E-state index contributed by atoms with van der Waals surface area (Å²) in [4.78, 5) is 16.6. The molecule has 1 aliphatic carbocycles. The molecule has 0 spiro atoms. The summed E-state index contributed by atoms with van der Waals surface area (Å²) >= 11 is 0.